The average Bonchev–Trinajstić information content (AvgIpc) is 2.93. The summed E-state index contributed by atoms with van der Waals surface area (Å²) in [7, 11) is 4.23. The minimum Gasteiger partial charge on any atom is -0.201 e. The van der Waals surface area contributed by atoms with Crippen LogP contribution in [0.15, 0.2) is 42.9 Å². The summed E-state index contributed by atoms with van der Waals surface area (Å²) in [5.41, 5.74) is 9.26. The predicted octanol–water partition coefficient (Wildman–Crippen LogP) is 4.02. The molecule has 0 saturated carbocycles. The minimum atomic E-state index is 0.151. The summed E-state index contributed by atoms with van der Waals surface area (Å²) in [5, 5.41) is 0. The largest absolute Gasteiger partial charge is 0.212 e. The van der Waals surface area contributed by atoms with E-state index in [4.69, 9.17) is 0 Å². The Hall–Kier alpha value is -2.42. The lowest BCUT2D eigenvalue weighted by Gasteiger charge is -2.19. The van der Waals surface area contributed by atoms with Crippen LogP contribution in [0.25, 0.3) is 16.9 Å². The van der Waals surface area contributed by atoms with Crippen molar-refractivity contribution < 1.29 is 9.25 Å². The van der Waals surface area contributed by atoms with Crippen LogP contribution in [0.4, 0.5) is 0 Å². The van der Waals surface area contributed by atoms with Crippen LogP contribution < -0.4 is 9.25 Å². The van der Waals surface area contributed by atoms with Crippen LogP contribution in [-0.4, -0.2) is 4.68 Å². The van der Waals surface area contributed by atoms with Crippen molar-refractivity contribution >= 4 is 0 Å². The highest BCUT2D eigenvalue weighted by molar-refractivity contribution is 5.71. The maximum atomic E-state index is 2.30. The standard InChI is InChI=1S/C23H31N3/c1-16-14-17(2)22(26-13-9-12-25(26)8)18(3)21(16)20-11-10-19(15-24(20)7)23(4,5)6/h9-15H,1-8H3/q+2. The molecule has 0 spiro atoms. The topological polar surface area (TPSA) is 12.7 Å². The van der Waals surface area contributed by atoms with E-state index in [1.54, 1.807) is 0 Å². The van der Waals surface area contributed by atoms with E-state index in [0.717, 1.165) is 0 Å². The number of hydrogen-bond acceptors (Lipinski definition) is 0. The molecular weight excluding hydrogens is 318 g/mol. The fourth-order valence-corrected chi connectivity index (χ4v) is 3.89. The summed E-state index contributed by atoms with van der Waals surface area (Å²) in [5.74, 6) is 0. The number of rotatable bonds is 2. The summed E-state index contributed by atoms with van der Waals surface area (Å²) >= 11 is 0. The molecule has 3 nitrogen and oxygen atoms in total. The van der Waals surface area contributed by atoms with Crippen LogP contribution in [0.1, 0.15) is 43.0 Å². The molecule has 3 rings (SSSR count). The smallest absolute Gasteiger partial charge is 0.201 e. The zero-order valence-corrected chi connectivity index (χ0v) is 17.4. The fourth-order valence-electron chi connectivity index (χ4n) is 3.89. The normalized spacial score (nSPS) is 11.8. The van der Waals surface area contributed by atoms with Crippen molar-refractivity contribution in [1.29, 1.82) is 0 Å². The van der Waals surface area contributed by atoms with Gasteiger partial charge < -0.3 is 0 Å². The fraction of sp³-hybridized carbons (Fsp3) is 0.391. The van der Waals surface area contributed by atoms with Gasteiger partial charge in [0.15, 0.2) is 19.4 Å². The van der Waals surface area contributed by atoms with Gasteiger partial charge >= 0.3 is 0 Å². The quantitative estimate of drug-likeness (QED) is 0.620. The predicted molar refractivity (Wildman–Crippen MR) is 106 cm³/mol. The van der Waals surface area contributed by atoms with Crippen LogP contribution in [-0.2, 0) is 19.5 Å². The lowest BCUT2D eigenvalue weighted by molar-refractivity contribution is -0.744. The monoisotopic (exact) mass is 349 g/mol. The van der Waals surface area contributed by atoms with Gasteiger partial charge in [0.25, 0.3) is 0 Å². The van der Waals surface area contributed by atoms with Crippen molar-refractivity contribution in [2.45, 2.75) is 47.0 Å². The lowest BCUT2D eigenvalue weighted by atomic mass is 9.87. The molecule has 0 aliphatic heterocycles. The Labute approximate surface area is 157 Å². The summed E-state index contributed by atoms with van der Waals surface area (Å²) in [6, 6.07) is 8.92. The molecule has 3 heteroatoms. The van der Waals surface area contributed by atoms with E-state index in [9.17, 15) is 0 Å². The molecule has 0 unspecified atom stereocenters. The minimum absolute atomic E-state index is 0.151. The lowest BCUT2D eigenvalue weighted by Crippen LogP contribution is -2.37. The zero-order valence-electron chi connectivity index (χ0n) is 17.4. The second kappa shape index (κ2) is 6.39. The molecule has 0 amide bonds. The summed E-state index contributed by atoms with van der Waals surface area (Å²) in [6.45, 7) is 13.4. The Balaban J connectivity index is 2.25. The maximum absolute atomic E-state index is 2.30. The number of nitrogens with zero attached hydrogens (tertiary/aromatic N) is 3. The van der Waals surface area contributed by atoms with Crippen LogP contribution in [0.2, 0.25) is 0 Å². The molecule has 0 N–H and O–H groups in total. The van der Waals surface area contributed by atoms with Crippen molar-refractivity contribution in [3.63, 3.8) is 0 Å². The molecule has 0 fully saturated rings. The Kier molecular flexibility index (Phi) is 4.51. The Morgan fingerprint density at radius 2 is 1.65 bits per heavy atom. The molecule has 0 bridgehead atoms. The Morgan fingerprint density at radius 1 is 0.962 bits per heavy atom. The second-order valence-corrected chi connectivity index (χ2v) is 8.43. The number of aryl methyl sites for hydroxylation is 4. The summed E-state index contributed by atoms with van der Waals surface area (Å²) < 4.78 is 6.61. The molecule has 0 aliphatic rings. The van der Waals surface area contributed by atoms with Gasteiger partial charge in [0, 0.05) is 17.7 Å². The van der Waals surface area contributed by atoms with Crippen LogP contribution in [0, 0.1) is 20.8 Å². The third kappa shape index (κ3) is 3.07. The SMILES string of the molecule is Cc1cc(C)c(-n2ccc[n+]2C)c(C)c1-c1ccc(C(C)(C)C)c[n+]1C. The Bertz CT molecular complexity index is 972. The van der Waals surface area contributed by atoms with Crippen LogP contribution in [0.3, 0.4) is 0 Å². The van der Waals surface area contributed by atoms with E-state index < -0.39 is 0 Å². The molecule has 3 aromatic rings. The van der Waals surface area contributed by atoms with E-state index in [1.807, 2.05) is 0 Å². The van der Waals surface area contributed by atoms with Gasteiger partial charge in [0.1, 0.15) is 12.7 Å². The average molecular weight is 350 g/mol. The first-order valence-corrected chi connectivity index (χ1v) is 9.26. The zero-order chi connectivity index (χ0) is 19.2. The number of pyridine rings is 1. The van der Waals surface area contributed by atoms with Crippen molar-refractivity contribution in [2.75, 3.05) is 0 Å². The molecule has 0 aliphatic carbocycles. The molecule has 0 radical (unpaired) electrons. The van der Waals surface area contributed by atoms with Crippen LogP contribution >= 0.6 is 0 Å². The van der Waals surface area contributed by atoms with Gasteiger partial charge in [-0.25, -0.2) is 4.57 Å². The Morgan fingerprint density at radius 3 is 2.19 bits per heavy atom. The number of hydrogen-bond donors (Lipinski definition) is 0. The first-order chi connectivity index (χ1) is 12.1. The number of aromatic nitrogens is 3. The van der Waals surface area contributed by atoms with Gasteiger partial charge in [-0.3, -0.25) is 0 Å². The van der Waals surface area contributed by atoms with E-state index in [0.29, 0.717) is 0 Å². The molecule has 136 valence electrons. The van der Waals surface area contributed by atoms with Crippen molar-refractivity contribution in [3.8, 4) is 16.9 Å². The van der Waals surface area contributed by atoms with Gasteiger partial charge in [-0.15, -0.1) is 9.36 Å². The molecule has 0 saturated heterocycles. The maximum Gasteiger partial charge on any atom is 0.212 e. The highest BCUT2D eigenvalue weighted by Gasteiger charge is 2.24. The van der Waals surface area contributed by atoms with Gasteiger partial charge in [-0.1, -0.05) is 26.8 Å². The first-order valence-electron chi connectivity index (χ1n) is 9.26. The molecule has 2 heterocycles. The summed E-state index contributed by atoms with van der Waals surface area (Å²) in [4.78, 5) is 0. The summed E-state index contributed by atoms with van der Waals surface area (Å²) in [6.07, 6.45) is 6.47. The highest BCUT2D eigenvalue weighted by atomic mass is 15.4. The van der Waals surface area contributed by atoms with Gasteiger partial charge in [0.05, 0.1) is 11.8 Å². The van der Waals surface area contributed by atoms with E-state index >= 15 is 0 Å². The first kappa shape index (κ1) is 18.4. The highest BCUT2D eigenvalue weighted by Crippen LogP contribution is 2.32. The third-order valence-electron chi connectivity index (χ3n) is 5.28. The third-order valence-corrected chi connectivity index (χ3v) is 5.28. The van der Waals surface area contributed by atoms with Crippen molar-refractivity contribution in [2.24, 2.45) is 14.1 Å². The molecule has 2 aromatic heterocycles. The van der Waals surface area contributed by atoms with Gasteiger partial charge in [-0.2, -0.15) is 0 Å². The van der Waals surface area contributed by atoms with E-state index in [2.05, 4.69) is 112 Å². The van der Waals surface area contributed by atoms with E-state index in [-0.39, 0.29) is 5.41 Å². The molecule has 1 aromatic carbocycles. The number of benzene rings is 1. The van der Waals surface area contributed by atoms with Crippen molar-refractivity contribution in [1.82, 2.24) is 4.68 Å². The second-order valence-electron chi connectivity index (χ2n) is 8.43. The van der Waals surface area contributed by atoms with Gasteiger partial charge in [0.2, 0.25) is 5.69 Å². The van der Waals surface area contributed by atoms with Gasteiger partial charge in [-0.05, 0) is 48.9 Å². The molecular formula is C23H31N3+2. The molecule has 0 atom stereocenters. The molecule has 26 heavy (non-hydrogen) atoms. The van der Waals surface area contributed by atoms with Crippen molar-refractivity contribution in [3.05, 3.63) is 65.1 Å². The van der Waals surface area contributed by atoms with Crippen LogP contribution in [0.5, 0.6) is 0 Å². The van der Waals surface area contributed by atoms with E-state index in [1.165, 1.54) is 39.2 Å².